The van der Waals surface area contributed by atoms with Crippen molar-refractivity contribution in [3.63, 3.8) is 0 Å². The summed E-state index contributed by atoms with van der Waals surface area (Å²) in [5.41, 5.74) is 0. The molecule has 1 saturated heterocycles. The molecule has 0 amide bonds. The van der Waals surface area contributed by atoms with Gasteiger partial charge in [-0.25, -0.2) is 0 Å². The van der Waals surface area contributed by atoms with Gasteiger partial charge in [0.1, 0.15) is 0 Å². The van der Waals surface area contributed by atoms with E-state index in [1.807, 2.05) is 37.5 Å². The lowest BCUT2D eigenvalue weighted by Gasteiger charge is -2.36. The predicted octanol–water partition coefficient (Wildman–Crippen LogP) is -0.494. The molecule has 140 valence electrons. The topological polar surface area (TPSA) is 105 Å². The first-order valence-electron chi connectivity index (χ1n) is 8.57. The molecule has 1 rings (SSSR count). The number of aliphatic carboxylic acids is 2. The minimum atomic E-state index is -0.824. The van der Waals surface area contributed by atoms with E-state index in [1.54, 1.807) is 0 Å². The van der Waals surface area contributed by atoms with Gasteiger partial charge in [0.2, 0.25) is 0 Å². The zero-order chi connectivity index (χ0) is 18.3. The molecule has 8 heteroatoms. The summed E-state index contributed by atoms with van der Waals surface area (Å²) >= 11 is 0. The van der Waals surface area contributed by atoms with Gasteiger partial charge in [-0.2, -0.15) is 0 Å². The number of nitrogens with zero attached hydrogens (tertiary/aromatic N) is 2. The van der Waals surface area contributed by atoms with Gasteiger partial charge in [-0.3, -0.25) is 19.4 Å². The standard InChI is InChI=1S/C16H32N4O4/c1-11-7-19(9-15(21)22)14(4)6-18-12(2)8-20(10-16(23)24)13(3)5-17-11/h11-14,17-18H,5-10H2,1-4H3,(H,21,22)(H,23,24)/t11-,12-,13-,14-/m0/s1. The van der Waals surface area contributed by atoms with Crippen LogP contribution in [-0.2, 0) is 9.59 Å². The maximum atomic E-state index is 11.1. The van der Waals surface area contributed by atoms with Gasteiger partial charge in [-0.15, -0.1) is 0 Å². The highest BCUT2D eigenvalue weighted by Crippen LogP contribution is 2.06. The lowest BCUT2D eigenvalue weighted by molar-refractivity contribution is -0.139. The summed E-state index contributed by atoms with van der Waals surface area (Å²) < 4.78 is 0. The number of hydrogen-bond acceptors (Lipinski definition) is 6. The highest BCUT2D eigenvalue weighted by Gasteiger charge is 2.24. The van der Waals surface area contributed by atoms with E-state index in [4.69, 9.17) is 10.2 Å². The largest absolute Gasteiger partial charge is 0.480 e. The third-order valence-electron chi connectivity index (χ3n) is 4.46. The highest BCUT2D eigenvalue weighted by molar-refractivity contribution is 5.69. The average molecular weight is 344 g/mol. The number of rotatable bonds is 4. The van der Waals surface area contributed by atoms with E-state index in [2.05, 4.69) is 10.6 Å². The Labute approximate surface area is 144 Å². The average Bonchev–Trinajstić information content (AvgIpc) is 2.47. The van der Waals surface area contributed by atoms with E-state index in [-0.39, 0.29) is 37.3 Å². The molecule has 0 radical (unpaired) electrons. The summed E-state index contributed by atoms with van der Waals surface area (Å²) in [5, 5.41) is 25.1. The van der Waals surface area contributed by atoms with Crippen LogP contribution in [-0.4, -0.2) is 95.4 Å². The summed E-state index contributed by atoms with van der Waals surface area (Å²) in [6.07, 6.45) is 0. The van der Waals surface area contributed by atoms with Crippen molar-refractivity contribution >= 4 is 11.9 Å². The Morgan fingerprint density at radius 2 is 1.17 bits per heavy atom. The predicted molar refractivity (Wildman–Crippen MR) is 92.3 cm³/mol. The first kappa shape index (κ1) is 20.8. The third-order valence-corrected chi connectivity index (χ3v) is 4.46. The monoisotopic (exact) mass is 344 g/mol. The van der Waals surface area contributed by atoms with Gasteiger partial charge in [-0.1, -0.05) is 0 Å². The van der Waals surface area contributed by atoms with Gasteiger partial charge in [0.15, 0.2) is 0 Å². The number of carboxylic acid groups (broad SMARTS) is 2. The fourth-order valence-electron chi connectivity index (χ4n) is 2.98. The quantitative estimate of drug-likeness (QED) is 0.541. The van der Waals surface area contributed by atoms with Gasteiger partial charge >= 0.3 is 11.9 Å². The van der Waals surface area contributed by atoms with Gasteiger partial charge in [-0.05, 0) is 27.7 Å². The van der Waals surface area contributed by atoms with Crippen molar-refractivity contribution < 1.29 is 19.8 Å². The van der Waals surface area contributed by atoms with E-state index in [1.165, 1.54) is 0 Å². The molecule has 0 aromatic heterocycles. The summed E-state index contributed by atoms with van der Waals surface area (Å²) in [6, 6.07) is 0.408. The van der Waals surface area contributed by atoms with Gasteiger partial charge in [0.05, 0.1) is 13.1 Å². The highest BCUT2D eigenvalue weighted by atomic mass is 16.4. The first-order chi connectivity index (χ1) is 11.2. The van der Waals surface area contributed by atoms with E-state index in [9.17, 15) is 9.59 Å². The Bertz CT molecular complexity index is 383. The second kappa shape index (κ2) is 9.93. The molecule has 0 aromatic rings. The van der Waals surface area contributed by atoms with Crippen LogP contribution < -0.4 is 10.6 Å². The SMILES string of the molecule is C[C@H]1CN(CC(=O)O)[C@@H](C)CN[C@@H](C)CN(CC(=O)O)[C@@H](C)CN1. The summed E-state index contributed by atoms with van der Waals surface area (Å²) in [6.45, 7) is 10.7. The number of hydrogen-bond donors (Lipinski definition) is 4. The second-order valence-corrected chi connectivity index (χ2v) is 6.96. The minimum absolute atomic E-state index is 0.0178. The molecule has 24 heavy (non-hydrogen) atoms. The maximum Gasteiger partial charge on any atom is 0.317 e. The van der Waals surface area contributed by atoms with E-state index >= 15 is 0 Å². The molecule has 0 unspecified atom stereocenters. The molecule has 0 saturated carbocycles. The Morgan fingerprint density at radius 3 is 1.46 bits per heavy atom. The van der Waals surface area contributed by atoms with E-state index in [0.717, 1.165) is 0 Å². The molecule has 0 spiro atoms. The maximum absolute atomic E-state index is 11.1. The van der Waals surface area contributed by atoms with Crippen molar-refractivity contribution in [1.82, 2.24) is 20.4 Å². The molecule has 0 bridgehead atoms. The Morgan fingerprint density at radius 1 is 0.833 bits per heavy atom. The van der Waals surface area contributed by atoms with Crippen LogP contribution in [0.1, 0.15) is 27.7 Å². The molecule has 0 aromatic carbocycles. The molecular weight excluding hydrogens is 312 g/mol. The van der Waals surface area contributed by atoms with Crippen LogP contribution in [0.2, 0.25) is 0 Å². The number of carboxylic acids is 2. The Kier molecular flexibility index (Phi) is 8.61. The fraction of sp³-hybridized carbons (Fsp3) is 0.875. The van der Waals surface area contributed by atoms with Crippen molar-refractivity contribution in [2.75, 3.05) is 39.3 Å². The summed E-state index contributed by atoms with van der Waals surface area (Å²) in [5.74, 6) is -1.65. The van der Waals surface area contributed by atoms with Crippen molar-refractivity contribution in [2.24, 2.45) is 0 Å². The number of nitrogens with one attached hydrogen (secondary N) is 2. The molecule has 8 nitrogen and oxygen atoms in total. The van der Waals surface area contributed by atoms with Crippen LogP contribution in [0.5, 0.6) is 0 Å². The summed E-state index contributed by atoms with van der Waals surface area (Å²) in [7, 11) is 0. The van der Waals surface area contributed by atoms with Crippen molar-refractivity contribution in [3.8, 4) is 0 Å². The number of carbonyl (C=O) groups is 2. The lowest BCUT2D eigenvalue weighted by Crippen LogP contribution is -2.55. The first-order valence-corrected chi connectivity index (χ1v) is 8.57. The Balaban J connectivity index is 2.81. The molecule has 1 aliphatic heterocycles. The van der Waals surface area contributed by atoms with Crippen LogP contribution in [0.4, 0.5) is 0 Å². The van der Waals surface area contributed by atoms with Gasteiger partial charge < -0.3 is 20.8 Å². The molecule has 4 atom stereocenters. The zero-order valence-electron chi connectivity index (χ0n) is 15.2. The van der Waals surface area contributed by atoms with Gasteiger partial charge in [0, 0.05) is 50.3 Å². The van der Waals surface area contributed by atoms with Crippen molar-refractivity contribution in [3.05, 3.63) is 0 Å². The molecular formula is C16H32N4O4. The van der Waals surface area contributed by atoms with Crippen LogP contribution in [0.25, 0.3) is 0 Å². The molecule has 1 fully saturated rings. The van der Waals surface area contributed by atoms with E-state index < -0.39 is 11.9 Å². The third kappa shape index (κ3) is 7.57. The van der Waals surface area contributed by atoms with Gasteiger partial charge in [0.25, 0.3) is 0 Å². The van der Waals surface area contributed by atoms with Crippen LogP contribution in [0, 0.1) is 0 Å². The lowest BCUT2D eigenvalue weighted by atomic mass is 10.1. The van der Waals surface area contributed by atoms with Crippen LogP contribution in [0.15, 0.2) is 0 Å². The minimum Gasteiger partial charge on any atom is -0.480 e. The molecule has 0 aliphatic carbocycles. The van der Waals surface area contributed by atoms with Crippen molar-refractivity contribution in [2.45, 2.75) is 51.9 Å². The summed E-state index contributed by atoms with van der Waals surface area (Å²) in [4.78, 5) is 26.1. The second-order valence-electron chi connectivity index (χ2n) is 6.96. The molecule has 1 aliphatic rings. The zero-order valence-corrected chi connectivity index (χ0v) is 15.2. The van der Waals surface area contributed by atoms with Crippen molar-refractivity contribution in [1.29, 1.82) is 0 Å². The Hall–Kier alpha value is -1.22. The smallest absolute Gasteiger partial charge is 0.317 e. The van der Waals surface area contributed by atoms with Crippen LogP contribution >= 0.6 is 0 Å². The molecule has 4 N–H and O–H groups in total. The normalized spacial score (nSPS) is 31.8. The van der Waals surface area contributed by atoms with Crippen LogP contribution in [0.3, 0.4) is 0 Å². The fourth-order valence-corrected chi connectivity index (χ4v) is 2.98. The van der Waals surface area contributed by atoms with E-state index in [0.29, 0.717) is 26.2 Å². The molecule has 1 heterocycles.